The molecule has 0 aliphatic rings. The van der Waals surface area contributed by atoms with Crippen LogP contribution in [-0.4, -0.2) is 24.3 Å². The van der Waals surface area contributed by atoms with Crippen molar-refractivity contribution in [2.24, 2.45) is 0 Å². The summed E-state index contributed by atoms with van der Waals surface area (Å²) >= 11 is 0. The van der Waals surface area contributed by atoms with E-state index in [1.165, 1.54) is 25.3 Å². The van der Waals surface area contributed by atoms with Crippen molar-refractivity contribution in [3.05, 3.63) is 29.3 Å². The fraction of sp³-hybridized carbons (Fsp3) is 0.286. The Morgan fingerprint density at radius 2 is 2.16 bits per heavy atom. The maximum absolute atomic E-state index is 11.6. The molecule has 0 spiro atoms. The van der Waals surface area contributed by atoms with Crippen LogP contribution in [0.3, 0.4) is 0 Å². The zero-order chi connectivity index (χ0) is 14.4. The van der Waals surface area contributed by atoms with E-state index in [-0.39, 0.29) is 23.2 Å². The third kappa shape index (κ3) is 4.03. The van der Waals surface area contributed by atoms with Gasteiger partial charge in [0.05, 0.1) is 13.2 Å². The molecule has 0 unspecified atom stereocenters. The van der Waals surface area contributed by atoms with Gasteiger partial charge in [-0.05, 0) is 37.6 Å². The Morgan fingerprint density at radius 1 is 1.47 bits per heavy atom. The van der Waals surface area contributed by atoms with Crippen LogP contribution in [0.2, 0.25) is 0 Å². The average molecular weight is 261 g/mol. The Labute approximate surface area is 111 Å². The first-order chi connectivity index (χ1) is 8.97. The first-order valence-corrected chi connectivity index (χ1v) is 5.67. The van der Waals surface area contributed by atoms with Gasteiger partial charge in [0, 0.05) is 0 Å². The second-order valence-corrected chi connectivity index (χ2v) is 4.06. The lowest BCUT2D eigenvalue weighted by Crippen LogP contribution is -2.12. The number of carbonyl (C=O) groups is 1. The molecule has 1 N–H and O–H groups in total. The van der Waals surface area contributed by atoms with Gasteiger partial charge in [-0.2, -0.15) is 5.26 Å². The third-order valence-corrected chi connectivity index (χ3v) is 2.20. The molecule has 1 aromatic rings. The van der Waals surface area contributed by atoms with Gasteiger partial charge in [0.1, 0.15) is 11.6 Å². The molecule has 0 fully saturated rings. The largest absolute Gasteiger partial charge is 0.504 e. The van der Waals surface area contributed by atoms with Crippen molar-refractivity contribution in [3.63, 3.8) is 0 Å². The SMILES string of the molecule is COc1cc(/C=C(/C#N)C(=O)OC(C)C)ccc1O. The van der Waals surface area contributed by atoms with Crippen LogP contribution in [-0.2, 0) is 9.53 Å². The molecule has 5 heteroatoms. The van der Waals surface area contributed by atoms with Crippen molar-refractivity contribution in [2.75, 3.05) is 7.11 Å². The molecule has 0 heterocycles. The third-order valence-electron chi connectivity index (χ3n) is 2.20. The Balaban J connectivity index is 3.05. The summed E-state index contributed by atoms with van der Waals surface area (Å²) in [5.74, 6) is -0.421. The number of ether oxygens (including phenoxy) is 2. The highest BCUT2D eigenvalue weighted by molar-refractivity contribution is 5.98. The highest BCUT2D eigenvalue weighted by Gasteiger charge is 2.12. The van der Waals surface area contributed by atoms with Crippen molar-refractivity contribution in [1.29, 1.82) is 5.26 Å². The zero-order valence-electron chi connectivity index (χ0n) is 11.0. The minimum Gasteiger partial charge on any atom is -0.504 e. The molecule has 19 heavy (non-hydrogen) atoms. The van der Waals surface area contributed by atoms with E-state index in [0.717, 1.165) is 0 Å². The number of carbonyl (C=O) groups excluding carboxylic acids is 1. The van der Waals surface area contributed by atoms with E-state index >= 15 is 0 Å². The predicted molar refractivity (Wildman–Crippen MR) is 69.5 cm³/mol. The minimum atomic E-state index is -0.676. The Kier molecular flexibility index (Phi) is 4.95. The molecule has 0 saturated heterocycles. The topological polar surface area (TPSA) is 79.5 Å². The average Bonchev–Trinajstić information content (AvgIpc) is 2.36. The molecule has 0 atom stereocenters. The van der Waals surface area contributed by atoms with Crippen molar-refractivity contribution in [3.8, 4) is 17.6 Å². The van der Waals surface area contributed by atoms with Gasteiger partial charge >= 0.3 is 5.97 Å². The lowest BCUT2D eigenvalue weighted by atomic mass is 10.1. The molecule has 0 saturated carbocycles. The monoisotopic (exact) mass is 261 g/mol. The summed E-state index contributed by atoms with van der Waals surface area (Å²) in [6.07, 6.45) is 1.09. The van der Waals surface area contributed by atoms with Crippen LogP contribution in [0.5, 0.6) is 11.5 Å². The van der Waals surface area contributed by atoms with E-state index in [0.29, 0.717) is 5.56 Å². The van der Waals surface area contributed by atoms with E-state index in [9.17, 15) is 9.90 Å². The summed E-state index contributed by atoms with van der Waals surface area (Å²) in [4.78, 5) is 11.6. The summed E-state index contributed by atoms with van der Waals surface area (Å²) < 4.78 is 9.89. The van der Waals surface area contributed by atoms with Crippen LogP contribution in [0.4, 0.5) is 0 Å². The first-order valence-electron chi connectivity index (χ1n) is 5.67. The number of aromatic hydroxyl groups is 1. The van der Waals surface area contributed by atoms with Crippen molar-refractivity contribution >= 4 is 12.0 Å². The zero-order valence-corrected chi connectivity index (χ0v) is 11.0. The molecule has 1 rings (SSSR count). The van der Waals surface area contributed by atoms with Gasteiger partial charge in [0.2, 0.25) is 0 Å². The fourth-order valence-electron chi connectivity index (χ4n) is 1.37. The first kappa shape index (κ1) is 14.6. The summed E-state index contributed by atoms with van der Waals surface area (Å²) in [7, 11) is 1.42. The quantitative estimate of drug-likeness (QED) is 0.511. The number of methoxy groups -OCH3 is 1. The second-order valence-electron chi connectivity index (χ2n) is 4.06. The Bertz CT molecular complexity index is 541. The lowest BCUT2D eigenvalue weighted by molar-refractivity contribution is -0.142. The summed E-state index contributed by atoms with van der Waals surface area (Å²) in [5, 5.41) is 18.4. The predicted octanol–water partition coefficient (Wildman–Crippen LogP) is 2.26. The van der Waals surface area contributed by atoms with Crippen molar-refractivity contribution < 1.29 is 19.4 Å². The molecule has 1 aromatic carbocycles. The summed E-state index contributed by atoms with van der Waals surface area (Å²) in [5.41, 5.74) is 0.452. The highest BCUT2D eigenvalue weighted by Crippen LogP contribution is 2.27. The highest BCUT2D eigenvalue weighted by atomic mass is 16.5. The van der Waals surface area contributed by atoms with E-state index in [1.54, 1.807) is 26.0 Å². The van der Waals surface area contributed by atoms with Crippen molar-refractivity contribution in [1.82, 2.24) is 0 Å². The standard InChI is InChI=1S/C14H15NO4/c1-9(2)19-14(17)11(8-15)6-10-4-5-12(16)13(7-10)18-3/h4-7,9,16H,1-3H3/b11-6-. The van der Waals surface area contributed by atoms with Crippen LogP contribution in [0.25, 0.3) is 6.08 Å². The van der Waals surface area contributed by atoms with Gasteiger partial charge in [-0.25, -0.2) is 4.79 Å². The number of phenolic OH excluding ortho intramolecular Hbond substituents is 1. The minimum absolute atomic E-state index is 0.0112. The van der Waals surface area contributed by atoms with E-state index in [4.69, 9.17) is 14.7 Å². The normalized spacial score (nSPS) is 11.0. The molecular formula is C14H15NO4. The number of hydrogen-bond acceptors (Lipinski definition) is 5. The van der Waals surface area contributed by atoms with Crippen LogP contribution >= 0.6 is 0 Å². The molecule has 0 aromatic heterocycles. The van der Waals surface area contributed by atoms with E-state index in [1.807, 2.05) is 0 Å². The summed E-state index contributed by atoms with van der Waals surface area (Å²) in [6.45, 7) is 3.41. The second kappa shape index (κ2) is 6.45. The molecule has 0 aliphatic carbocycles. The Morgan fingerprint density at radius 3 is 2.68 bits per heavy atom. The maximum atomic E-state index is 11.6. The van der Waals surface area contributed by atoms with Crippen LogP contribution < -0.4 is 4.74 Å². The molecule has 5 nitrogen and oxygen atoms in total. The van der Waals surface area contributed by atoms with Crippen molar-refractivity contribution in [2.45, 2.75) is 20.0 Å². The Hall–Kier alpha value is -2.48. The van der Waals surface area contributed by atoms with Gasteiger partial charge in [-0.3, -0.25) is 0 Å². The van der Waals surface area contributed by atoms with Gasteiger partial charge < -0.3 is 14.6 Å². The maximum Gasteiger partial charge on any atom is 0.349 e. The molecule has 0 radical (unpaired) electrons. The van der Waals surface area contributed by atoms with Gasteiger partial charge in [0.15, 0.2) is 11.5 Å². The van der Waals surface area contributed by atoms with Gasteiger partial charge in [0.25, 0.3) is 0 Å². The fourth-order valence-corrected chi connectivity index (χ4v) is 1.37. The molecule has 100 valence electrons. The number of benzene rings is 1. The number of hydrogen-bond donors (Lipinski definition) is 1. The van der Waals surface area contributed by atoms with Crippen LogP contribution in [0.15, 0.2) is 23.8 Å². The smallest absolute Gasteiger partial charge is 0.349 e. The van der Waals surface area contributed by atoms with Crippen LogP contribution in [0, 0.1) is 11.3 Å². The number of nitriles is 1. The van der Waals surface area contributed by atoms with Crippen LogP contribution in [0.1, 0.15) is 19.4 Å². The summed E-state index contributed by atoms with van der Waals surface area (Å²) in [6, 6.07) is 6.31. The molecule has 0 amide bonds. The van der Waals surface area contributed by atoms with E-state index in [2.05, 4.69) is 0 Å². The molecule has 0 aliphatic heterocycles. The van der Waals surface area contributed by atoms with Gasteiger partial charge in [-0.15, -0.1) is 0 Å². The lowest BCUT2D eigenvalue weighted by Gasteiger charge is -2.07. The number of phenols is 1. The van der Waals surface area contributed by atoms with E-state index < -0.39 is 5.97 Å². The number of nitrogens with zero attached hydrogens (tertiary/aromatic N) is 1. The number of rotatable bonds is 4. The molecular weight excluding hydrogens is 246 g/mol. The molecule has 0 bridgehead atoms. The van der Waals surface area contributed by atoms with Gasteiger partial charge in [-0.1, -0.05) is 6.07 Å². The number of esters is 1.